The van der Waals surface area contributed by atoms with Crippen molar-refractivity contribution in [3.63, 3.8) is 0 Å². The predicted molar refractivity (Wildman–Crippen MR) is 71.2 cm³/mol. The molecule has 2 heterocycles. The molecule has 0 bridgehead atoms. The van der Waals surface area contributed by atoms with Crippen molar-refractivity contribution in [1.82, 2.24) is 10.2 Å². The Labute approximate surface area is 116 Å². The smallest absolute Gasteiger partial charge is 0.265 e. The molecule has 8 heteroatoms. The molecule has 0 radical (unpaired) electrons. The fourth-order valence-electron chi connectivity index (χ4n) is 1.89. The number of aromatic amines is 1. The minimum atomic E-state index is -3.66. The molecule has 0 fully saturated rings. The van der Waals surface area contributed by atoms with Gasteiger partial charge in [-0.2, -0.15) is 5.10 Å². The largest absolute Gasteiger partial charge is 0.449 e. The van der Waals surface area contributed by atoms with Gasteiger partial charge < -0.3 is 9.47 Å². The third-order valence-corrected chi connectivity index (χ3v) is 4.04. The maximum atomic E-state index is 12.0. The Morgan fingerprint density at radius 3 is 2.70 bits per heavy atom. The van der Waals surface area contributed by atoms with E-state index in [1.165, 1.54) is 12.4 Å². The van der Waals surface area contributed by atoms with E-state index in [0.717, 1.165) is 0 Å². The summed E-state index contributed by atoms with van der Waals surface area (Å²) in [5.74, 6) is 0.341. The average molecular weight is 295 g/mol. The molecule has 1 aromatic carbocycles. The predicted octanol–water partition coefficient (Wildman–Crippen LogP) is 1.72. The minimum absolute atomic E-state index is 0.0653. The Morgan fingerprint density at radius 2 is 2.00 bits per heavy atom. The van der Waals surface area contributed by atoms with Crippen LogP contribution in [0, 0.1) is 0 Å². The molecule has 20 heavy (non-hydrogen) atoms. The Bertz CT molecular complexity index is 738. The Kier molecular flexibility index (Phi) is 2.65. The summed E-state index contributed by atoms with van der Waals surface area (Å²) in [5, 5.41) is 6.08. The van der Waals surface area contributed by atoms with Crippen LogP contribution in [0.4, 0.5) is 5.69 Å². The van der Waals surface area contributed by atoms with E-state index in [-0.39, 0.29) is 4.90 Å². The van der Waals surface area contributed by atoms with Crippen LogP contribution in [0.2, 0.25) is 0 Å². The maximum absolute atomic E-state index is 12.0. The van der Waals surface area contributed by atoms with E-state index < -0.39 is 15.8 Å². The first-order valence-corrected chi connectivity index (χ1v) is 7.38. The van der Waals surface area contributed by atoms with Gasteiger partial charge in [0.25, 0.3) is 10.0 Å². The zero-order valence-electron chi connectivity index (χ0n) is 10.9. The number of aromatic nitrogens is 2. The van der Waals surface area contributed by atoms with Crippen LogP contribution < -0.4 is 14.2 Å². The van der Waals surface area contributed by atoms with Crippen molar-refractivity contribution in [2.75, 3.05) is 4.72 Å². The summed E-state index contributed by atoms with van der Waals surface area (Å²) in [6.45, 7) is 3.56. The molecule has 2 N–H and O–H groups in total. The van der Waals surface area contributed by atoms with E-state index in [0.29, 0.717) is 17.2 Å². The number of nitrogens with one attached hydrogen (secondary N) is 2. The fourth-order valence-corrected chi connectivity index (χ4v) is 2.84. The van der Waals surface area contributed by atoms with Crippen LogP contribution in [0.5, 0.6) is 11.5 Å². The lowest BCUT2D eigenvalue weighted by Crippen LogP contribution is -2.29. The molecule has 0 amide bonds. The van der Waals surface area contributed by atoms with Crippen LogP contribution in [0.15, 0.2) is 35.5 Å². The lowest BCUT2D eigenvalue weighted by atomic mass is 10.3. The highest BCUT2D eigenvalue weighted by atomic mass is 32.2. The number of H-pyrrole nitrogens is 1. The van der Waals surface area contributed by atoms with Crippen LogP contribution in [-0.4, -0.2) is 24.4 Å². The normalized spacial score (nSPS) is 16.1. The Morgan fingerprint density at radius 1 is 1.25 bits per heavy atom. The molecule has 106 valence electrons. The number of sulfonamides is 1. The molecule has 0 saturated carbocycles. The number of rotatable bonds is 3. The first kappa shape index (κ1) is 12.8. The Balaban J connectivity index is 1.88. The van der Waals surface area contributed by atoms with Crippen molar-refractivity contribution in [3.8, 4) is 11.5 Å². The van der Waals surface area contributed by atoms with Gasteiger partial charge in [-0.1, -0.05) is 0 Å². The molecular formula is C12H13N3O4S. The first-order valence-electron chi connectivity index (χ1n) is 5.89. The second-order valence-electron chi connectivity index (χ2n) is 4.80. The second kappa shape index (κ2) is 4.14. The molecule has 0 saturated heterocycles. The molecule has 7 nitrogen and oxygen atoms in total. The number of benzene rings is 1. The lowest BCUT2D eigenvalue weighted by molar-refractivity contribution is -0.0431. The average Bonchev–Trinajstić information content (AvgIpc) is 2.93. The van der Waals surface area contributed by atoms with Crippen molar-refractivity contribution in [1.29, 1.82) is 0 Å². The molecule has 0 spiro atoms. The number of hydrogen-bond acceptors (Lipinski definition) is 5. The van der Waals surface area contributed by atoms with Gasteiger partial charge in [0.2, 0.25) is 5.79 Å². The molecule has 1 aliphatic rings. The van der Waals surface area contributed by atoms with Crippen molar-refractivity contribution >= 4 is 15.7 Å². The van der Waals surface area contributed by atoms with Gasteiger partial charge in [0.05, 0.1) is 11.9 Å². The zero-order chi connectivity index (χ0) is 14.4. The lowest BCUT2D eigenvalue weighted by Gasteiger charge is -2.16. The summed E-state index contributed by atoms with van der Waals surface area (Å²) >= 11 is 0. The molecule has 0 aliphatic carbocycles. The fraction of sp³-hybridized carbons (Fsp3) is 0.250. The summed E-state index contributed by atoms with van der Waals surface area (Å²) in [7, 11) is -3.66. The summed E-state index contributed by atoms with van der Waals surface area (Å²) < 4.78 is 37.7. The van der Waals surface area contributed by atoms with E-state index in [9.17, 15) is 8.42 Å². The van der Waals surface area contributed by atoms with Crippen molar-refractivity contribution in [2.24, 2.45) is 0 Å². The van der Waals surface area contributed by atoms with Gasteiger partial charge in [-0.3, -0.25) is 9.82 Å². The van der Waals surface area contributed by atoms with E-state index >= 15 is 0 Å². The van der Waals surface area contributed by atoms with E-state index in [2.05, 4.69) is 14.9 Å². The molecule has 1 aliphatic heterocycles. The Hall–Kier alpha value is -2.22. The highest BCUT2D eigenvalue weighted by Gasteiger charge is 2.31. The van der Waals surface area contributed by atoms with Gasteiger partial charge in [-0.25, -0.2) is 8.42 Å². The molecule has 0 unspecified atom stereocenters. The van der Waals surface area contributed by atoms with Crippen LogP contribution in [-0.2, 0) is 10.0 Å². The third-order valence-electron chi connectivity index (χ3n) is 2.69. The van der Waals surface area contributed by atoms with Crippen LogP contribution >= 0.6 is 0 Å². The molecule has 3 rings (SSSR count). The van der Waals surface area contributed by atoms with E-state index in [4.69, 9.17) is 9.47 Å². The minimum Gasteiger partial charge on any atom is -0.449 e. The van der Waals surface area contributed by atoms with E-state index in [1.807, 2.05) is 0 Å². The number of nitrogens with zero attached hydrogens (tertiary/aromatic N) is 1. The van der Waals surface area contributed by atoms with Gasteiger partial charge in [0.15, 0.2) is 11.5 Å². The van der Waals surface area contributed by atoms with E-state index in [1.54, 1.807) is 32.0 Å². The molecular weight excluding hydrogens is 282 g/mol. The van der Waals surface area contributed by atoms with Crippen molar-refractivity contribution in [3.05, 3.63) is 30.6 Å². The molecule has 0 atom stereocenters. The van der Waals surface area contributed by atoms with Crippen LogP contribution in [0.3, 0.4) is 0 Å². The summed E-state index contributed by atoms with van der Waals surface area (Å²) in [6, 6.07) is 4.86. The zero-order valence-corrected chi connectivity index (χ0v) is 11.7. The van der Waals surface area contributed by atoms with Crippen molar-refractivity contribution < 1.29 is 17.9 Å². The summed E-state index contributed by atoms with van der Waals surface area (Å²) in [4.78, 5) is 0.0653. The summed E-state index contributed by atoms with van der Waals surface area (Å²) in [6.07, 6.45) is 2.54. The van der Waals surface area contributed by atoms with Gasteiger partial charge in [-0.05, 0) is 12.1 Å². The monoisotopic (exact) mass is 295 g/mol. The second-order valence-corrected chi connectivity index (χ2v) is 6.49. The van der Waals surface area contributed by atoms with Crippen molar-refractivity contribution in [2.45, 2.75) is 24.5 Å². The third kappa shape index (κ3) is 2.29. The van der Waals surface area contributed by atoms with Crippen LogP contribution in [0.1, 0.15) is 13.8 Å². The maximum Gasteiger partial charge on any atom is 0.265 e. The first-order chi connectivity index (χ1) is 9.36. The highest BCUT2D eigenvalue weighted by Crippen LogP contribution is 2.40. The SMILES string of the molecule is CC1(C)Oc2ccc(NS(=O)(=O)c3cn[nH]c3)cc2O1. The van der Waals surface area contributed by atoms with Crippen LogP contribution in [0.25, 0.3) is 0 Å². The van der Waals surface area contributed by atoms with Gasteiger partial charge in [0, 0.05) is 26.1 Å². The quantitative estimate of drug-likeness (QED) is 0.899. The molecule has 2 aromatic rings. The number of anilines is 1. The summed E-state index contributed by atoms with van der Waals surface area (Å²) in [5.41, 5.74) is 0.395. The highest BCUT2D eigenvalue weighted by molar-refractivity contribution is 7.92. The standard InChI is InChI=1S/C12H13N3O4S/c1-12(2)18-10-4-3-8(5-11(10)19-12)15-20(16,17)9-6-13-14-7-9/h3-7,15H,1-2H3,(H,13,14). The number of ether oxygens (including phenoxy) is 2. The molecule has 1 aromatic heterocycles. The number of fused-ring (bicyclic) bond motifs is 1. The van der Waals surface area contributed by atoms with Gasteiger partial charge in [0.1, 0.15) is 4.90 Å². The van der Waals surface area contributed by atoms with Gasteiger partial charge >= 0.3 is 0 Å². The number of hydrogen-bond donors (Lipinski definition) is 2. The topological polar surface area (TPSA) is 93.3 Å². The van der Waals surface area contributed by atoms with Gasteiger partial charge in [-0.15, -0.1) is 0 Å².